The first kappa shape index (κ1) is 15.5. The fourth-order valence-corrected chi connectivity index (χ4v) is 2.18. The van der Waals surface area contributed by atoms with Crippen LogP contribution in [0.4, 0.5) is 4.39 Å². The fraction of sp³-hybridized carbons (Fsp3) is 0.600. The van der Waals surface area contributed by atoms with E-state index in [2.05, 4.69) is 26.1 Å². The summed E-state index contributed by atoms with van der Waals surface area (Å²) in [4.78, 5) is 0. The van der Waals surface area contributed by atoms with Crippen molar-refractivity contribution in [3.63, 3.8) is 0 Å². The minimum absolute atomic E-state index is 0.0543. The summed E-state index contributed by atoms with van der Waals surface area (Å²) < 4.78 is 14.1. The van der Waals surface area contributed by atoms with Gasteiger partial charge in [-0.15, -0.1) is 0 Å². The van der Waals surface area contributed by atoms with E-state index in [1.807, 2.05) is 12.1 Å². The van der Waals surface area contributed by atoms with Gasteiger partial charge in [-0.1, -0.05) is 50.9 Å². The van der Waals surface area contributed by atoms with Crippen LogP contribution in [0.2, 0.25) is 5.02 Å². The average molecular weight is 272 g/mol. The maximum absolute atomic E-state index is 14.1. The molecule has 0 bridgehead atoms. The van der Waals surface area contributed by atoms with Gasteiger partial charge in [0.15, 0.2) is 0 Å². The Morgan fingerprint density at radius 2 is 2.06 bits per heavy atom. The smallest absolute Gasteiger partial charge is 0.146 e. The highest BCUT2D eigenvalue weighted by molar-refractivity contribution is 6.30. The molecule has 0 heterocycles. The summed E-state index contributed by atoms with van der Waals surface area (Å²) in [6, 6.07) is 5.30. The van der Waals surface area contributed by atoms with Gasteiger partial charge in [0.2, 0.25) is 0 Å². The Morgan fingerprint density at radius 3 is 2.67 bits per heavy atom. The molecule has 1 rings (SSSR count). The molecule has 1 aromatic carbocycles. The molecule has 2 atom stereocenters. The van der Waals surface area contributed by atoms with Crippen LogP contribution >= 0.6 is 11.6 Å². The van der Waals surface area contributed by atoms with Gasteiger partial charge in [-0.2, -0.15) is 0 Å². The molecule has 1 aromatic rings. The van der Waals surface area contributed by atoms with Crippen LogP contribution in [0.1, 0.15) is 51.6 Å². The first-order valence-electron chi connectivity index (χ1n) is 6.77. The van der Waals surface area contributed by atoms with Gasteiger partial charge in [-0.05, 0) is 31.4 Å². The van der Waals surface area contributed by atoms with Crippen LogP contribution in [0.25, 0.3) is 0 Å². The Hall–Kier alpha value is -0.600. The summed E-state index contributed by atoms with van der Waals surface area (Å²) in [6.07, 6.45) is 3.08. The second-order valence-electron chi connectivity index (χ2n) is 4.90. The SMILES string of the molecule is CCCNC(CC(C)CC)c1cccc(Cl)c1F. The van der Waals surface area contributed by atoms with Crippen LogP contribution in [0.15, 0.2) is 18.2 Å². The van der Waals surface area contributed by atoms with E-state index in [4.69, 9.17) is 11.6 Å². The molecule has 2 unspecified atom stereocenters. The van der Waals surface area contributed by atoms with E-state index in [1.54, 1.807) is 6.07 Å². The van der Waals surface area contributed by atoms with Gasteiger partial charge in [0.05, 0.1) is 5.02 Å². The molecular weight excluding hydrogens is 249 g/mol. The predicted octanol–water partition coefficient (Wildman–Crippen LogP) is 4.96. The summed E-state index contributed by atoms with van der Waals surface area (Å²) in [6.45, 7) is 7.37. The zero-order valence-corrected chi connectivity index (χ0v) is 12.2. The van der Waals surface area contributed by atoms with E-state index >= 15 is 0 Å². The lowest BCUT2D eigenvalue weighted by Gasteiger charge is -2.23. The summed E-state index contributed by atoms with van der Waals surface area (Å²) in [7, 11) is 0. The molecule has 3 heteroatoms. The minimum atomic E-state index is -0.281. The molecule has 1 nitrogen and oxygen atoms in total. The number of halogens is 2. The zero-order valence-electron chi connectivity index (χ0n) is 11.5. The van der Waals surface area contributed by atoms with Gasteiger partial charge in [-0.3, -0.25) is 0 Å². The van der Waals surface area contributed by atoms with Crippen molar-refractivity contribution < 1.29 is 4.39 Å². The number of hydrogen-bond acceptors (Lipinski definition) is 1. The fourth-order valence-electron chi connectivity index (χ4n) is 2.00. The molecule has 0 saturated carbocycles. The van der Waals surface area contributed by atoms with Crippen molar-refractivity contribution in [1.82, 2.24) is 5.32 Å². The van der Waals surface area contributed by atoms with E-state index in [-0.39, 0.29) is 16.9 Å². The summed E-state index contributed by atoms with van der Waals surface area (Å²) >= 11 is 5.86. The molecule has 0 aromatic heterocycles. The first-order chi connectivity index (χ1) is 8.60. The molecule has 0 amide bonds. The summed E-state index contributed by atoms with van der Waals surface area (Å²) in [5.74, 6) is 0.286. The van der Waals surface area contributed by atoms with Crippen molar-refractivity contribution >= 4 is 11.6 Å². The Balaban J connectivity index is 2.90. The van der Waals surface area contributed by atoms with Gasteiger partial charge >= 0.3 is 0 Å². The second-order valence-corrected chi connectivity index (χ2v) is 5.31. The third-order valence-electron chi connectivity index (χ3n) is 3.33. The van der Waals surface area contributed by atoms with Crippen molar-refractivity contribution in [2.75, 3.05) is 6.54 Å². The molecule has 1 N–H and O–H groups in total. The lowest BCUT2D eigenvalue weighted by atomic mass is 9.94. The number of hydrogen-bond donors (Lipinski definition) is 1. The van der Waals surface area contributed by atoms with Crippen molar-refractivity contribution in [2.45, 2.75) is 46.1 Å². The summed E-state index contributed by atoms with van der Waals surface area (Å²) in [5, 5.41) is 3.63. The van der Waals surface area contributed by atoms with E-state index in [0.717, 1.165) is 25.8 Å². The van der Waals surface area contributed by atoms with Gasteiger partial charge in [0, 0.05) is 11.6 Å². The molecule has 102 valence electrons. The lowest BCUT2D eigenvalue weighted by molar-refractivity contribution is 0.392. The van der Waals surface area contributed by atoms with Crippen molar-refractivity contribution in [2.24, 2.45) is 5.92 Å². The third kappa shape index (κ3) is 4.25. The molecule has 0 spiro atoms. The molecule has 18 heavy (non-hydrogen) atoms. The zero-order chi connectivity index (χ0) is 13.5. The maximum atomic E-state index is 14.1. The molecular formula is C15H23ClFN. The van der Waals surface area contributed by atoms with Crippen LogP contribution in [0, 0.1) is 11.7 Å². The molecule has 0 aliphatic heterocycles. The highest BCUT2D eigenvalue weighted by atomic mass is 35.5. The number of nitrogens with one attached hydrogen (secondary N) is 1. The van der Waals surface area contributed by atoms with Crippen LogP contribution in [-0.4, -0.2) is 6.54 Å². The molecule has 0 aliphatic carbocycles. The van der Waals surface area contributed by atoms with Crippen molar-refractivity contribution in [1.29, 1.82) is 0 Å². The molecule has 0 fully saturated rings. The third-order valence-corrected chi connectivity index (χ3v) is 3.62. The van der Waals surface area contributed by atoms with Gasteiger partial charge in [0.25, 0.3) is 0 Å². The van der Waals surface area contributed by atoms with E-state index in [9.17, 15) is 4.39 Å². The Kier molecular flexibility index (Phi) is 6.66. The topological polar surface area (TPSA) is 12.0 Å². The van der Waals surface area contributed by atoms with Crippen LogP contribution in [-0.2, 0) is 0 Å². The summed E-state index contributed by atoms with van der Waals surface area (Å²) in [5.41, 5.74) is 0.691. The van der Waals surface area contributed by atoms with Crippen LogP contribution < -0.4 is 5.32 Å². The van der Waals surface area contributed by atoms with E-state index in [1.165, 1.54) is 0 Å². The van der Waals surface area contributed by atoms with Crippen molar-refractivity contribution in [3.8, 4) is 0 Å². The predicted molar refractivity (Wildman–Crippen MR) is 76.5 cm³/mol. The largest absolute Gasteiger partial charge is 0.310 e. The lowest BCUT2D eigenvalue weighted by Crippen LogP contribution is -2.25. The minimum Gasteiger partial charge on any atom is -0.310 e. The van der Waals surface area contributed by atoms with Crippen molar-refractivity contribution in [3.05, 3.63) is 34.6 Å². The van der Waals surface area contributed by atoms with Gasteiger partial charge < -0.3 is 5.32 Å². The van der Waals surface area contributed by atoms with E-state index < -0.39 is 0 Å². The van der Waals surface area contributed by atoms with Crippen LogP contribution in [0.5, 0.6) is 0 Å². The Morgan fingerprint density at radius 1 is 1.33 bits per heavy atom. The normalized spacial score (nSPS) is 14.5. The highest BCUT2D eigenvalue weighted by Gasteiger charge is 2.18. The molecule has 0 aliphatic rings. The van der Waals surface area contributed by atoms with E-state index in [0.29, 0.717) is 11.5 Å². The van der Waals surface area contributed by atoms with Gasteiger partial charge in [-0.25, -0.2) is 4.39 Å². The first-order valence-corrected chi connectivity index (χ1v) is 7.15. The molecule has 0 radical (unpaired) electrons. The molecule has 0 saturated heterocycles. The second kappa shape index (κ2) is 7.75. The average Bonchev–Trinajstić information content (AvgIpc) is 2.37. The van der Waals surface area contributed by atoms with Gasteiger partial charge in [0.1, 0.15) is 5.82 Å². The standard InChI is InChI=1S/C15H23ClFN/c1-4-9-18-14(10-11(3)5-2)12-7-6-8-13(16)15(12)17/h6-8,11,14,18H,4-5,9-10H2,1-3H3. The Labute approximate surface area is 115 Å². The Bertz CT molecular complexity index is 368. The quantitative estimate of drug-likeness (QED) is 0.739. The highest BCUT2D eigenvalue weighted by Crippen LogP contribution is 2.28. The van der Waals surface area contributed by atoms with Crippen LogP contribution in [0.3, 0.4) is 0 Å². The maximum Gasteiger partial charge on any atom is 0.146 e. The number of benzene rings is 1. The monoisotopic (exact) mass is 271 g/mol. The number of rotatable bonds is 7.